The number of carbonyl (C=O) groups is 1. The van der Waals surface area contributed by atoms with Crippen LogP contribution in [0.4, 0.5) is 0 Å². The molecule has 1 aliphatic heterocycles. The van der Waals surface area contributed by atoms with Crippen LogP contribution in [-0.4, -0.2) is 43.5 Å². The smallest absolute Gasteiger partial charge is 0.234 e. The van der Waals surface area contributed by atoms with E-state index in [-0.39, 0.29) is 11.9 Å². The van der Waals surface area contributed by atoms with Gasteiger partial charge in [0.05, 0.1) is 12.6 Å². The lowest BCUT2D eigenvalue weighted by molar-refractivity contribution is -0.122. The molecule has 1 amide bonds. The van der Waals surface area contributed by atoms with Crippen LogP contribution in [0.3, 0.4) is 0 Å². The van der Waals surface area contributed by atoms with E-state index < -0.39 is 0 Å². The van der Waals surface area contributed by atoms with Crippen molar-refractivity contribution in [2.45, 2.75) is 31.8 Å². The zero-order valence-corrected chi connectivity index (χ0v) is 12.4. The van der Waals surface area contributed by atoms with Crippen LogP contribution >= 0.6 is 0 Å². The number of benzene rings is 1. The molecule has 1 heterocycles. The van der Waals surface area contributed by atoms with Crippen LogP contribution in [0.1, 0.15) is 31.4 Å². The molecule has 4 heteroatoms. The molecule has 1 aromatic carbocycles. The summed E-state index contributed by atoms with van der Waals surface area (Å²) in [6, 6.07) is 10.7. The predicted octanol–water partition coefficient (Wildman–Crippen LogP) is 1.55. The van der Waals surface area contributed by atoms with Crippen molar-refractivity contribution in [3.05, 3.63) is 35.9 Å². The first kappa shape index (κ1) is 15.0. The first-order chi connectivity index (χ1) is 9.65. The van der Waals surface area contributed by atoms with Gasteiger partial charge >= 0.3 is 0 Å². The molecule has 1 fully saturated rings. The summed E-state index contributed by atoms with van der Waals surface area (Å²) in [4.78, 5) is 14.1. The van der Waals surface area contributed by atoms with Gasteiger partial charge in [-0.1, -0.05) is 30.3 Å². The number of hydrogen-bond acceptors (Lipinski definition) is 3. The van der Waals surface area contributed by atoms with Crippen molar-refractivity contribution in [3.63, 3.8) is 0 Å². The van der Waals surface area contributed by atoms with Gasteiger partial charge in [0, 0.05) is 12.6 Å². The van der Waals surface area contributed by atoms with Gasteiger partial charge in [0.1, 0.15) is 0 Å². The third-order valence-electron chi connectivity index (χ3n) is 3.79. The second-order valence-electron chi connectivity index (χ2n) is 5.69. The largest absolute Gasteiger partial charge is 0.348 e. The maximum atomic E-state index is 12.0. The Morgan fingerprint density at radius 2 is 2.20 bits per heavy atom. The number of rotatable bonds is 6. The van der Waals surface area contributed by atoms with Gasteiger partial charge < -0.3 is 10.6 Å². The molecule has 110 valence electrons. The molecular formula is C16H25N3O. The molecule has 1 saturated heterocycles. The summed E-state index contributed by atoms with van der Waals surface area (Å²) >= 11 is 0. The van der Waals surface area contributed by atoms with Gasteiger partial charge in [0.15, 0.2) is 0 Å². The van der Waals surface area contributed by atoms with Crippen molar-refractivity contribution in [3.8, 4) is 0 Å². The molecule has 1 aliphatic rings. The topological polar surface area (TPSA) is 44.4 Å². The number of likely N-dealkylation sites (N-methyl/N-ethyl adjacent to an activating group) is 1. The zero-order valence-electron chi connectivity index (χ0n) is 12.4. The molecule has 0 bridgehead atoms. The Hall–Kier alpha value is -1.39. The fourth-order valence-corrected chi connectivity index (χ4v) is 2.71. The maximum Gasteiger partial charge on any atom is 0.234 e. The average molecular weight is 275 g/mol. The number of amides is 1. The van der Waals surface area contributed by atoms with Crippen LogP contribution in [0, 0.1) is 0 Å². The van der Waals surface area contributed by atoms with Crippen LogP contribution in [0.2, 0.25) is 0 Å². The monoisotopic (exact) mass is 275 g/mol. The van der Waals surface area contributed by atoms with E-state index in [0.717, 1.165) is 18.7 Å². The Kier molecular flexibility index (Phi) is 5.56. The summed E-state index contributed by atoms with van der Waals surface area (Å²) in [5, 5.41) is 6.50. The standard InChI is InChI=1S/C16H25N3O/c1-13(14-7-4-3-5-8-14)18-16(20)12-19(2)11-15-9-6-10-17-15/h3-5,7-8,13,15,17H,6,9-12H2,1-2H3,(H,18,20). The SMILES string of the molecule is CC(NC(=O)CN(C)CC1CCCN1)c1ccccc1. The molecule has 2 rings (SSSR count). The van der Waals surface area contributed by atoms with Crippen molar-refractivity contribution >= 4 is 5.91 Å². The van der Waals surface area contributed by atoms with E-state index in [1.165, 1.54) is 12.8 Å². The third-order valence-corrected chi connectivity index (χ3v) is 3.79. The summed E-state index contributed by atoms with van der Waals surface area (Å²) in [5.41, 5.74) is 1.14. The molecule has 1 aromatic rings. The fraction of sp³-hybridized carbons (Fsp3) is 0.562. The van der Waals surface area contributed by atoms with Crippen molar-refractivity contribution < 1.29 is 4.79 Å². The van der Waals surface area contributed by atoms with Crippen LogP contribution < -0.4 is 10.6 Å². The Balaban J connectivity index is 1.74. The molecule has 2 N–H and O–H groups in total. The van der Waals surface area contributed by atoms with Crippen molar-refractivity contribution in [1.82, 2.24) is 15.5 Å². The van der Waals surface area contributed by atoms with E-state index >= 15 is 0 Å². The van der Waals surface area contributed by atoms with E-state index in [4.69, 9.17) is 0 Å². The van der Waals surface area contributed by atoms with Crippen LogP contribution in [0.5, 0.6) is 0 Å². The van der Waals surface area contributed by atoms with E-state index in [0.29, 0.717) is 12.6 Å². The van der Waals surface area contributed by atoms with Gasteiger partial charge in [-0.05, 0) is 38.9 Å². The van der Waals surface area contributed by atoms with E-state index in [9.17, 15) is 4.79 Å². The summed E-state index contributed by atoms with van der Waals surface area (Å²) in [6.07, 6.45) is 2.46. The minimum Gasteiger partial charge on any atom is -0.348 e. The molecule has 20 heavy (non-hydrogen) atoms. The molecule has 0 spiro atoms. The fourth-order valence-electron chi connectivity index (χ4n) is 2.71. The Morgan fingerprint density at radius 1 is 1.45 bits per heavy atom. The molecule has 2 atom stereocenters. The molecule has 2 unspecified atom stereocenters. The Labute approximate surface area is 121 Å². The highest BCUT2D eigenvalue weighted by Crippen LogP contribution is 2.11. The second kappa shape index (κ2) is 7.41. The van der Waals surface area contributed by atoms with Gasteiger partial charge in [-0.15, -0.1) is 0 Å². The number of carbonyl (C=O) groups excluding carboxylic acids is 1. The normalized spacial score (nSPS) is 20.1. The molecule has 0 aromatic heterocycles. The van der Waals surface area contributed by atoms with Gasteiger partial charge in [-0.2, -0.15) is 0 Å². The minimum atomic E-state index is 0.0571. The highest BCUT2D eigenvalue weighted by Gasteiger charge is 2.17. The van der Waals surface area contributed by atoms with Crippen molar-refractivity contribution in [1.29, 1.82) is 0 Å². The summed E-state index contributed by atoms with van der Waals surface area (Å²) in [5.74, 6) is 0.0850. The first-order valence-electron chi connectivity index (χ1n) is 7.41. The van der Waals surface area contributed by atoms with Crippen LogP contribution in [0.15, 0.2) is 30.3 Å². The number of nitrogens with zero attached hydrogens (tertiary/aromatic N) is 1. The number of nitrogens with one attached hydrogen (secondary N) is 2. The summed E-state index contributed by atoms with van der Waals surface area (Å²) < 4.78 is 0. The van der Waals surface area contributed by atoms with Crippen molar-refractivity contribution in [2.24, 2.45) is 0 Å². The van der Waals surface area contributed by atoms with Gasteiger partial charge in [-0.3, -0.25) is 9.69 Å². The number of hydrogen-bond donors (Lipinski definition) is 2. The molecule has 4 nitrogen and oxygen atoms in total. The van der Waals surface area contributed by atoms with E-state index in [1.54, 1.807) is 0 Å². The van der Waals surface area contributed by atoms with Gasteiger partial charge in [0.25, 0.3) is 0 Å². The third kappa shape index (κ3) is 4.62. The molecule has 0 saturated carbocycles. The zero-order chi connectivity index (χ0) is 14.4. The summed E-state index contributed by atoms with van der Waals surface area (Å²) in [6.45, 7) is 4.52. The average Bonchev–Trinajstić information content (AvgIpc) is 2.92. The highest BCUT2D eigenvalue weighted by molar-refractivity contribution is 5.78. The van der Waals surface area contributed by atoms with Crippen LogP contribution in [0.25, 0.3) is 0 Å². The van der Waals surface area contributed by atoms with Gasteiger partial charge in [0.2, 0.25) is 5.91 Å². The lowest BCUT2D eigenvalue weighted by atomic mass is 10.1. The van der Waals surface area contributed by atoms with Crippen molar-refractivity contribution in [2.75, 3.05) is 26.7 Å². The lowest BCUT2D eigenvalue weighted by Gasteiger charge is -2.22. The molecule has 0 radical (unpaired) electrons. The Morgan fingerprint density at radius 3 is 2.85 bits per heavy atom. The molecular weight excluding hydrogens is 250 g/mol. The highest BCUT2D eigenvalue weighted by atomic mass is 16.2. The maximum absolute atomic E-state index is 12.0. The minimum absolute atomic E-state index is 0.0571. The first-order valence-corrected chi connectivity index (χ1v) is 7.41. The Bertz CT molecular complexity index is 415. The predicted molar refractivity (Wildman–Crippen MR) is 81.5 cm³/mol. The second-order valence-corrected chi connectivity index (χ2v) is 5.69. The lowest BCUT2D eigenvalue weighted by Crippen LogP contribution is -2.41. The van der Waals surface area contributed by atoms with Gasteiger partial charge in [-0.25, -0.2) is 0 Å². The van der Waals surface area contributed by atoms with Crippen LogP contribution in [-0.2, 0) is 4.79 Å². The van der Waals surface area contributed by atoms with E-state index in [1.807, 2.05) is 44.3 Å². The molecule has 0 aliphatic carbocycles. The summed E-state index contributed by atoms with van der Waals surface area (Å²) in [7, 11) is 2.01. The van der Waals surface area contributed by atoms with E-state index in [2.05, 4.69) is 15.5 Å². The quantitative estimate of drug-likeness (QED) is 0.828.